The number of benzene rings is 1. The molecule has 0 saturated carbocycles. The first-order chi connectivity index (χ1) is 10.2. The molecule has 1 aliphatic rings. The second-order valence-electron chi connectivity index (χ2n) is 6.02. The molecule has 4 heteroatoms. The summed E-state index contributed by atoms with van der Waals surface area (Å²) in [7, 11) is 2.07. The zero-order valence-corrected chi connectivity index (χ0v) is 13.0. The molecule has 1 heterocycles. The predicted molar refractivity (Wildman–Crippen MR) is 85.2 cm³/mol. The van der Waals surface area contributed by atoms with E-state index in [0.717, 1.165) is 18.7 Å². The van der Waals surface area contributed by atoms with Gasteiger partial charge in [-0.1, -0.05) is 36.8 Å². The molecule has 118 valence electrons. The van der Waals surface area contributed by atoms with Crippen molar-refractivity contribution in [2.24, 2.45) is 0 Å². The number of hydrogen-bond acceptors (Lipinski definition) is 4. The molecule has 4 nitrogen and oxygen atoms in total. The monoisotopic (exact) mass is 292 g/mol. The van der Waals surface area contributed by atoms with Gasteiger partial charge >= 0.3 is 0 Å². The van der Waals surface area contributed by atoms with Crippen molar-refractivity contribution in [1.29, 1.82) is 0 Å². The molecule has 21 heavy (non-hydrogen) atoms. The predicted octanol–water partition coefficient (Wildman–Crippen LogP) is 1.64. The van der Waals surface area contributed by atoms with Crippen molar-refractivity contribution in [2.45, 2.75) is 38.0 Å². The van der Waals surface area contributed by atoms with Gasteiger partial charge in [0, 0.05) is 19.1 Å². The van der Waals surface area contributed by atoms with Gasteiger partial charge in [0.1, 0.15) is 0 Å². The van der Waals surface area contributed by atoms with Crippen molar-refractivity contribution >= 4 is 0 Å². The molecule has 1 aliphatic heterocycles. The van der Waals surface area contributed by atoms with Crippen LogP contribution in [0.15, 0.2) is 30.3 Å². The number of piperidine rings is 1. The third-order valence-corrected chi connectivity index (χ3v) is 3.89. The van der Waals surface area contributed by atoms with Gasteiger partial charge in [-0.3, -0.25) is 0 Å². The number of nitrogens with one attached hydrogen (secondary N) is 1. The van der Waals surface area contributed by atoms with Gasteiger partial charge in [-0.15, -0.1) is 0 Å². The Morgan fingerprint density at radius 1 is 1.33 bits per heavy atom. The van der Waals surface area contributed by atoms with E-state index in [9.17, 15) is 5.11 Å². The lowest BCUT2D eigenvalue weighted by Crippen LogP contribution is -2.44. The summed E-state index contributed by atoms with van der Waals surface area (Å²) in [5.41, 5.74) is 1.14. The molecule has 0 aliphatic carbocycles. The van der Waals surface area contributed by atoms with Crippen LogP contribution in [0.1, 0.15) is 24.8 Å². The lowest BCUT2D eigenvalue weighted by molar-refractivity contribution is 0.0123. The van der Waals surface area contributed by atoms with Gasteiger partial charge in [0.2, 0.25) is 0 Å². The number of rotatable bonds is 8. The molecule has 0 spiro atoms. The third-order valence-electron chi connectivity index (χ3n) is 3.89. The van der Waals surface area contributed by atoms with E-state index in [4.69, 9.17) is 4.74 Å². The van der Waals surface area contributed by atoms with Crippen molar-refractivity contribution in [1.82, 2.24) is 10.2 Å². The average Bonchev–Trinajstić information content (AvgIpc) is 2.49. The van der Waals surface area contributed by atoms with E-state index >= 15 is 0 Å². The molecule has 1 aromatic carbocycles. The number of nitrogens with zero attached hydrogens (tertiary/aromatic N) is 1. The smallest absolute Gasteiger partial charge is 0.0900 e. The molecular formula is C17H28N2O2. The highest BCUT2D eigenvalue weighted by atomic mass is 16.5. The largest absolute Gasteiger partial charge is 0.389 e. The Labute approximate surface area is 128 Å². The Morgan fingerprint density at radius 2 is 2.14 bits per heavy atom. The topological polar surface area (TPSA) is 44.7 Å². The molecule has 2 N–H and O–H groups in total. The normalized spacial score (nSPS) is 20.6. The molecule has 1 fully saturated rings. The van der Waals surface area contributed by atoms with E-state index in [0.29, 0.717) is 25.8 Å². The molecule has 2 rings (SSSR count). The second-order valence-corrected chi connectivity index (χ2v) is 6.02. The average molecular weight is 292 g/mol. The van der Waals surface area contributed by atoms with Crippen LogP contribution < -0.4 is 5.32 Å². The number of aliphatic hydroxyl groups is 1. The number of aliphatic hydroxyl groups excluding tert-OH is 1. The standard InChI is InChI=1S/C17H28N2O2/c1-19(11-16-9-5-6-10-18-16)12-17(20)14-21-13-15-7-3-2-4-8-15/h2-4,7-8,16-18,20H,5-6,9-14H2,1H3. The van der Waals surface area contributed by atoms with Crippen LogP contribution in [0.25, 0.3) is 0 Å². The van der Waals surface area contributed by atoms with E-state index in [1.54, 1.807) is 0 Å². The summed E-state index contributed by atoms with van der Waals surface area (Å²) in [6.07, 6.45) is 3.41. The van der Waals surface area contributed by atoms with E-state index in [1.165, 1.54) is 19.3 Å². The molecule has 0 radical (unpaired) electrons. The molecule has 2 atom stereocenters. The molecule has 0 bridgehead atoms. The van der Waals surface area contributed by atoms with E-state index in [-0.39, 0.29) is 0 Å². The molecule has 0 aromatic heterocycles. The first-order valence-electron chi connectivity index (χ1n) is 7.95. The zero-order valence-electron chi connectivity index (χ0n) is 13.0. The minimum absolute atomic E-state index is 0.386. The Balaban J connectivity index is 1.58. The van der Waals surface area contributed by atoms with Gasteiger partial charge in [-0.2, -0.15) is 0 Å². The number of ether oxygens (including phenoxy) is 1. The van der Waals surface area contributed by atoms with Crippen LogP contribution in [0.3, 0.4) is 0 Å². The quantitative estimate of drug-likeness (QED) is 0.764. The van der Waals surface area contributed by atoms with Crippen LogP contribution >= 0.6 is 0 Å². The van der Waals surface area contributed by atoms with Crippen molar-refractivity contribution < 1.29 is 9.84 Å². The van der Waals surface area contributed by atoms with Gasteiger partial charge < -0.3 is 20.1 Å². The maximum atomic E-state index is 10.0. The van der Waals surface area contributed by atoms with Gasteiger partial charge in [0.25, 0.3) is 0 Å². The van der Waals surface area contributed by atoms with Gasteiger partial charge in [-0.05, 0) is 32.0 Å². The fourth-order valence-electron chi connectivity index (χ4n) is 2.83. The number of likely N-dealkylation sites (N-methyl/N-ethyl adjacent to an activating group) is 1. The lowest BCUT2D eigenvalue weighted by atomic mass is 10.0. The maximum Gasteiger partial charge on any atom is 0.0900 e. The van der Waals surface area contributed by atoms with Crippen molar-refractivity contribution in [2.75, 3.05) is 33.3 Å². The molecule has 1 aromatic rings. The summed E-state index contributed by atoms with van der Waals surface area (Å²) in [5, 5.41) is 13.6. The van der Waals surface area contributed by atoms with Crippen LogP contribution in [-0.2, 0) is 11.3 Å². The minimum atomic E-state index is -0.428. The SMILES string of the molecule is CN(CC(O)COCc1ccccc1)CC1CCCCN1. The fourth-order valence-corrected chi connectivity index (χ4v) is 2.83. The van der Waals surface area contributed by atoms with Gasteiger partial charge in [-0.25, -0.2) is 0 Å². The van der Waals surface area contributed by atoms with Gasteiger partial charge in [0.15, 0.2) is 0 Å². The van der Waals surface area contributed by atoms with Crippen LogP contribution in [-0.4, -0.2) is 55.4 Å². The van der Waals surface area contributed by atoms with Crippen LogP contribution in [0.4, 0.5) is 0 Å². The van der Waals surface area contributed by atoms with E-state index in [2.05, 4.69) is 17.3 Å². The summed E-state index contributed by atoms with van der Waals surface area (Å²) >= 11 is 0. The Kier molecular flexibility index (Phi) is 7.16. The Hall–Kier alpha value is -0.940. The zero-order chi connectivity index (χ0) is 14.9. The van der Waals surface area contributed by atoms with Crippen molar-refractivity contribution in [3.05, 3.63) is 35.9 Å². The first kappa shape index (κ1) is 16.4. The van der Waals surface area contributed by atoms with E-state index < -0.39 is 6.10 Å². The van der Waals surface area contributed by atoms with Crippen LogP contribution in [0, 0.1) is 0 Å². The van der Waals surface area contributed by atoms with E-state index in [1.807, 2.05) is 30.3 Å². The lowest BCUT2D eigenvalue weighted by Gasteiger charge is -2.29. The Bertz CT molecular complexity index is 380. The highest BCUT2D eigenvalue weighted by Gasteiger charge is 2.16. The Morgan fingerprint density at radius 3 is 2.86 bits per heavy atom. The van der Waals surface area contributed by atoms with Gasteiger partial charge in [0.05, 0.1) is 19.3 Å². The summed E-state index contributed by atoms with van der Waals surface area (Å²) in [4.78, 5) is 2.19. The summed E-state index contributed by atoms with van der Waals surface area (Å²) in [6, 6.07) is 10.6. The fraction of sp³-hybridized carbons (Fsp3) is 0.647. The summed E-state index contributed by atoms with van der Waals surface area (Å²) in [6.45, 7) is 3.73. The summed E-state index contributed by atoms with van der Waals surface area (Å²) in [5.74, 6) is 0. The summed E-state index contributed by atoms with van der Waals surface area (Å²) < 4.78 is 5.58. The number of hydrogen-bond donors (Lipinski definition) is 2. The van der Waals surface area contributed by atoms with Crippen LogP contribution in [0.5, 0.6) is 0 Å². The second kappa shape index (κ2) is 9.15. The molecular weight excluding hydrogens is 264 g/mol. The van der Waals surface area contributed by atoms with Crippen LogP contribution in [0.2, 0.25) is 0 Å². The highest BCUT2D eigenvalue weighted by Crippen LogP contribution is 2.08. The molecule has 1 saturated heterocycles. The molecule has 2 unspecified atom stereocenters. The maximum absolute atomic E-state index is 10.0. The molecule has 0 amide bonds. The third kappa shape index (κ3) is 6.57. The highest BCUT2D eigenvalue weighted by molar-refractivity contribution is 5.13. The van der Waals surface area contributed by atoms with Crippen molar-refractivity contribution in [3.8, 4) is 0 Å². The first-order valence-corrected chi connectivity index (χ1v) is 7.95. The minimum Gasteiger partial charge on any atom is -0.389 e. The van der Waals surface area contributed by atoms with Crippen molar-refractivity contribution in [3.63, 3.8) is 0 Å².